The molecule has 0 unspecified atom stereocenters. The van der Waals surface area contributed by atoms with Gasteiger partial charge in [-0.05, 0) is 45.7 Å². The highest BCUT2D eigenvalue weighted by Crippen LogP contribution is 2.33. The predicted molar refractivity (Wildman–Crippen MR) is 88.5 cm³/mol. The van der Waals surface area contributed by atoms with Gasteiger partial charge in [-0.3, -0.25) is 4.98 Å². The van der Waals surface area contributed by atoms with E-state index in [0.29, 0.717) is 12.1 Å². The summed E-state index contributed by atoms with van der Waals surface area (Å²) in [6.45, 7) is 5.64. The highest BCUT2D eigenvalue weighted by Gasteiger charge is 2.33. The van der Waals surface area contributed by atoms with Crippen LogP contribution in [0.2, 0.25) is 0 Å². The van der Waals surface area contributed by atoms with Gasteiger partial charge in [0.15, 0.2) is 0 Å². The second-order valence-corrected chi connectivity index (χ2v) is 8.96. The lowest BCUT2D eigenvalue weighted by molar-refractivity contribution is -0.141. The zero-order valence-corrected chi connectivity index (χ0v) is 14.9. The molecule has 0 aromatic carbocycles. The van der Waals surface area contributed by atoms with Gasteiger partial charge in [0.1, 0.15) is 5.69 Å². The maximum Gasteiger partial charge on any atom is 0.433 e. The SMILES string of the molecule is CC(C)(C)[S@@](=O)N[C@H]1CCc2nn(-c3ccnc(C(F)(F)F)c3)cc21. The summed E-state index contributed by atoms with van der Waals surface area (Å²) in [7, 11) is -1.23. The Kier molecular flexibility index (Phi) is 4.48. The maximum absolute atomic E-state index is 12.8. The van der Waals surface area contributed by atoms with E-state index in [1.54, 1.807) is 6.20 Å². The normalized spacial score (nSPS) is 19.0. The molecule has 2 aromatic rings. The van der Waals surface area contributed by atoms with Gasteiger partial charge >= 0.3 is 6.18 Å². The summed E-state index contributed by atoms with van der Waals surface area (Å²) >= 11 is 0. The molecule has 2 heterocycles. The molecular weight excluding hydrogens is 353 g/mol. The number of hydrogen-bond acceptors (Lipinski definition) is 3. The number of rotatable bonds is 3. The van der Waals surface area contributed by atoms with Crippen molar-refractivity contribution in [1.82, 2.24) is 19.5 Å². The number of fused-ring (bicyclic) bond motifs is 1. The van der Waals surface area contributed by atoms with Crippen molar-refractivity contribution in [2.45, 2.75) is 50.6 Å². The van der Waals surface area contributed by atoms with E-state index in [4.69, 9.17) is 0 Å². The largest absolute Gasteiger partial charge is 0.433 e. The average Bonchev–Trinajstić information content (AvgIpc) is 3.07. The van der Waals surface area contributed by atoms with Crippen LogP contribution in [0.4, 0.5) is 13.2 Å². The monoisotopic (exact) mass is 372 g/mol. The van der Waals surface area contributed by atoms with Crippen LogP contribution in [0.15, 0.2) is 24.5 Å². The van der Waals surface area contributed by atoms with Gasteiger partial charge in [-0.2, -0.15) is 18.3 Å². The molecule has 0 saturated carbocycles. The van der Waals surface area contributed by atoms with E-state index in [-0.39, 0.29) is 6.04 Å². The molecular formula is C16H19F3N4OS. The van der Waals surface area contributed by atoms with Gasteiger partial charge in [0.2, 0.25) is 0 Å². The van der Waals surface area contributed by atoms with Gasteiger partial charge in [-0.1, -0.05) is 0 Å². The van der Waals surface area contributed by atoms with Crippen LogP contribution in [0, 0.1) is 0 Å². The Morgan fingerprint density at radius 3 is 2.68 bits per heavy atom. The third kappa shape index (κ3) is 3.77. The van der Waals surface area contributed by atoms with Gasteiger partial charge in [0.25, 0.3) is 0 Å². The van der Waals surface area contributed by atoms with E-state index < -0.39 is 27.6 Å². The zero-order valence-electron chi connectivity index (χ0n) is 14.1. The first kappa shape index (κ1) is 18.1. The van der Waals surface area contributed by atoms with Gasteiger partial charge < -0.3 is 0 Å². The molecule has 0 radical (unpaired) electrons. The van der Waals surface area contributed by atoms with E-state index in [2.05, 4.69) is 14.8 Å². The molecule has 0 saturated heterocycles. The first-order chi connectivity index (χ1) is 11.6. The molecule has 5 nitrogen and oxygen atoms in total. The lowest BCUT2D eigenvalue weighted by atomic mass is 10.2. The number of aryl methyl sites for hydroxylation is 1. The standard InChI is InChI=1S/C16H19F3N4OS/c1-15(2,3)25(24)22-13-5-4-12-11(13)9-23(21-12)10-6-7-20-14(8-10)16(17,18)19/h6-9,13,22H,4-5H2,1-3H3/t13-,25+/m0/s1. The summed E-state index contributed by atoms with van der Waals surface area (Å²) in [5.41, 5.74) is 1.04. The van der Waals surface area contributed by atoms with Gasteiger partial charge in [-0.15, -0.1) is 0 Å². The highest BCUT2D eigenvalue weighted by molar-refractivity contribution is 7.84. The van der Waals surface area contributed by atoms with Crippen LogP contribution in [0.3, 0.4) is 0 Å². The fraction of sp³-hybridized carbons (Fsp3) is 0.500. The fourth-order valence-corrected chi connectivity index (χ4v) is 3.48. The number of nitrogens with zero attached hydrogens (tertiary/aromatic N) is 3. The third-order valence-electron chi connectivity index (χ3n) is 3.97. The number of aromatic nitrogens is 3. The van der Waals surface area contributed by atoms with Crippen LogP contribution in [0.5, 0.6) is 0 Å². The molecule has 0 spiro atoms. The lowest BCUT2D eigenvalue weighted by Gasteiger charge is -2.21. The number of halogens is 3. The van der Waals surface area contributed by atoms with Crippen molar-refractivity contribution in [2.24, 2.45) is 0 Å². The average molecular weight is 372 g/mol. The molecule has 136 valence electrons. The number of pyridine rings is 1. The lowest BCUT2D eigenvalue weighted by Crippen LogP contribution is -2.35. The van der Waals surface area contributed by atoms with Crippen molar-refractivity contribution in [3.63, 3.8) is 0 Å². The number of hydrogen-bond donors (Lipinski definition) is 1. The molecule has 2 atom stereocenters. The van der Waals surface area contributed by atoms with Crippen molar-refractivity contribution in [2.75, 3.05) is 0 Å². The molecule has 0 bridgehead atoms. The van der Waals surface area contributed by atoms with E-state index in [1.165, 1.54) is 10.7 Å². The van der Waals surface area contributed by atoms with Gasteiger partial charge in [0, 0.05) is 24.0 Å². The summed E-state index contributed by atoms with van der Waals surface area (Å²) in [6, 6.07) is 2.33. The Labute approximate surface area is 146 Å². The van der Waals surface area contributed by atoms with Crippen LogP contribution in [-0.2, 0) is 23.6 Å². The second kappa shape index (κ2) is 6.21. The number of alkyl halides is 3. The summed E-state index contributed by atoms with van der Waals surface area (Å²) in [5.74, 6) is 0. The molecule has 3 rings (SSSR count). The van der Waals surface area contributed by atoms with Gasteiger partial charge in [0.05, 0.1) is 27.1 Å². The molecule has 0 amide bonds. The fourth-order valence-electron chi connectivity index (χ4n) is 2.62. The summed E-state index contributed by atoms with van der Waals surface area (Å²) < 4.78 is 54.9. The highest BCUT2D eigenvalue weighted by atomic mass is 32.2. The topological polar surface area (TPSA) is 59.8 Å². The van der Waals surface area contributed by atoms with Crippen molar-refractivity contribution in [3.8, 4) is 5.69 Å². The first-order valence-corrected chi connectivity index (χ1v) is 9.01. The molecule has 1 N–H and O–H groups in total. The minimum atomic E-state index is -4.50. The van der Waals surface area contributed by atoms with Crippen molar-refractivity contribution in [1.29, 1.82) is 0 Å². The van der Waals surface area contributed by atoms with Crippen LogP contribution >= 0.6 is 0 Å². The van der Waals surface area contributed by atoms with Crippen molar-refractivity contribution in [3.05, 3.63) is 41.5 Å². The predicted octanol–water partition coefficient (Wildman–Crippen LogP) is 3.33. The second-order valence-electron chi connectivity index (χ2n) is 6.96. The molecule has 0 aliphatic heterocycles. The summed E-state index contributed by atoms with van der Waals surface area (Å²) in [5, 5.41) is 4.39. The Bertz CT molecular complexity index is 810. The molecule has 25 heavy (non-hydrogen) atoms. The van der Waals surface area contributed by atoms with E-state index in [0.717, 1.165) is 29.9 Å². The van der Waals surface area contributed by atoms with Gasteiger partial charge in [-0.25, -0.2) is 13.6 Å². The van der Waals surface area contributed by atoms with Crippen LogP contribution in [0.1, 0.15) is 50.2 Å². The molecule has 1 aliphatic carbocycles. The Hall–Kier alpha value is -1.74. The van der Waals surface area contributed by atoms with Crippen molar-refractivity contribution < 1.29 is 17.4 Å². The van der Waals surface area contributed by atoms with E-state index in [9.17, 15) is 17.4 Å². The number of nitrogens with one attached hydrogen (secondary N) is 1. The first-order valence-electron chi connectivity index (χ1n) is 7.86. The quantitative estimate of drug-likeness (QED) is 0.899. The van der Waals surface area contributed by atoms with E-state index in [1.807, 2.05) is 20.8 Å². The minimum absolute atomic E-state index is 0.118. The zero-order chi connectivity index (χ0) is 18.4. The molecule has 9 heteroatoms. The molecule has 1 aliphatic rings. The Balaban J connectivity index is 1.87. The minimum Gasteiger partial charge on any atom is -0.252 e. The van der Waals surface area contributed by atoms with E-state index >= 15 is 0 Å². The Morgan fingerprint density at radius 1 is 1.32 bits per heavy atom. The smallest absolute Gasteiger partial charge is 0.252 e. The maximum atomic E-state index is 12.8. The molecule has 2 aromatic heterocycles. The molecule has 0 fully saturated rings. The van der Waals surface area contributed by atoms with Crippen LogP contribution in [0.25, 0.3) is 5.69 Å². The van der Waals surface area contributed by atoms with Crippen molar-refractivity contribution >= 4 is 11.0 Å². The Morgan fingerprint density at radius 2 is 2.04 bits per heavy atom. The summed E-state index contributed by atoms with van der Waals surface area (Å²) in [6.07, 6.45) is -0.215. The summed E-state index contributed by atoms with van der Waals surface area (Å²) in [4.78, 5) is 3.36. The van der Waals surface area contributed by atoms with Crippen LogP contribution < -0.4 is 4.72 Å². The van der Waals surface area contributed by atoms with Crippen LogP contribution in [-0.4, -0.2) is 23.7 Å². The third-order valence-corrected chi connectivity index (χ3v) is 5.58.